The fourth-order valence-electron chi connectivity index (χ4n) is 1.53. The number of hydrogen-bond acceptors (Lipinski definition) is 5. The highest BCUT2D eigenvalue weighted by Crippen LogP contribution is 2.31. The Bertz CT molecular complexity index is 848. The van der Waals surface area contributed by atoms with Crippen LogP contribution in [0.4, 0.5) is 18.9 Å². The highest BCUT2D eigenvalue weighted by molar-refractivity contribution is 7.78. The van der Waals surface area contributed by atoms with Gasteiger partial charge in [-0.2, -0.15) is 18.2 Å². The molecule has 4 N–H and O–H groups in total. The van der Waals surface area contributed by atoms with Gasteiger partial charge in [0, 0.05) is 5.56 Å². The molecule has 0 unspecified atom stereocenters. The summed E-state index contributed by atoms with van der Waals surface area (Å²) in [6, 6.07) is 10.5. The van der Waals surface area contributed by atoms with Crippen molar-refractivity contribution >= 4 is 29.0 Å². The Morgan fingerprint density at radius 3 is 2.42 bits per heavy atom. The lowest BCUT2D eigenvalue weighted by molar-refractivity contribution is -0.137. The monoisotopic (exact) mass is 382 g/mol. The van der Waals surface area contributed by atoms with E-state index in [1.807, 2.05) is 10.6 Å². The maximum Gasteiger partial charge on any atom is 0.416 e. The predicted octanol–water partition coefficient (Wildman–Crippen LogP) is 3.68. The number of nitrogens with two attached hydrogens (primary N) is 1. The number of nitrogen functional groups attached to an aromatic ring is 1. The molecule has 0 aliphatic carbocycles. The molecule has 2 rings (SSSR count). The summed E-state index contributed by atoms with van der Waals surface area (Å²) >= 11 is 4.27. The minimum absolute atomic E-state index is 0.0473. The SMILES string of the molecule is FC(F)(F)c1cccc(N=C=S)c1.NNC(=O)c1cccc(O)c1.[2H]C#C. The average molecular weight is 382 g/mol. The Morgan fingerprint density at radius 2 is 1.92 bits per heavy atom. The van der Waals surface area contributed by atoms with E-state index in [1.54, 1.807) is 12.1 Å². The molecule has 0 atom stereocenters. The van der Waals surface area contributed by atoms with Crippen LogP contribution in [0, 0.1) is 12.8 Å². The summed E-state index contributed by atoms with van der Waals surface area (Å²) in [6.07, 6.45) is 1.42. The summed E-state index contributed by atoms with van der Waals surface area (Å²) in [6.45, 7) is 0. The molecule has 2 aromatic carbocycles. The number of phenols is 1. The second kappa shape index (κ2) is 11.4. The van der Waals surface area contributed by atoms with E-state index >= 15 is 0 Å². The van der Waals surface area contributed by atoms with Crippen LogP contribution in [0.2, 0.25) is 0 Å². The van der Waals surface area contributed by atoms with Gasteiger partial charge in [0.1, 0.15) is 7.12 Å². The Balaban J connectivity index is 0.000000442. The molecular formula is C17H14F3N3O2S. The average Bonchev–Trinajstić information content (AvgIpc) is 2.62. The van der Waals surface area contributed by atoms with E-state index in [2.05, 4.69) is 23.6 Å². The van der Waals surface area contributed by atoms with Crippen molar-refractivity contribution in [1.29, 1.82) is 0 Å². The molecule has 0 aliphatic rings. The van der Waals surface area contributed by atoms with Gasteiger partial charge in [0.25, 0.3) is 5.91 Å². The van der Waals surface area contributed by atoms with Crippen molar-refractivity contribution in [1.82, 2.24) is 5.43 Å². The topological polar surface area (TPSA) is 87.7 Å². The molecule has 136 valence electrons. The smallest absolute Gasteiger partial charge is 0.416 e. The van der Waals surface area contributed by atoms with Gasteiger partial charge in [-0.25, -0.2) is 5.84 Å². The number of hydrogen-bond donors (Lipinski definition) is 3. The summed E-state index contributed by atoms with van der Waals surface area (Å²) in [5.74, 6) is 4.50. The Morgan fingerprint density at radius 1 is 1.31 bits per heavy atom. The summed E-state index contributed by atoms with van der Waals surface area (Å²) in [5, 5.41) is 10.9. The number of benzene rings is 2. The number of rotatable bonds is 2. The third-order valence-corrected chi connectivity index (χ3v) is 2.68. The predicted molar refractivity (Wildman–Crippen MR) is 95.8 cm³/mol. The molecule has 2 aromatic rings. The molecule has 0 radical (unpaired) electrons. The van der Waals surface area contributed by atoms with Crippen LogP contribution < -0.4 is 11.3 Å². The molecule has 0 saturated carbocycles. The van der Waals surface area contributed by atoms with E-state index in [0.717, 1.165) is 12.1 Å². The molecule has 0 bridgehead atoms. The van der Waals surface area contributed by atoms with Crippen molar-refractivity contribution in [2.45, 2.75) is 6.18 Å². The Labute approximate surface area is 154 Å². The summed E-state index contributed by atoms with van der Waals surface area (Å²) < 4.78 is 42.1. The molecule has 26 heavy (non-hydrogen) atoms. The molecule has 0 fully saturated rings. The van der Waals surface area contributed by atoms with E-state index < -0.39 is 17.6 Å². The second-order valence-corrected chi connectivity index (χ2v) is 4.46. The number of carbonyl (C=O) groups excluding carboxylic acids is 1. The molecule has 0 aliphatic heterocycles. The van der Waals surface area contributed by atoms with Crippen molar-refractivity contribution in [2.24, 2.45) is 10.8 Å². The van der Waals surface area contributed by atoms with Gasteiger partial charge >= 0.3 is 6.18 Å². The van der Waals surface area contributed by atoms with Crippen molar-refractivity contribution in [3.8, 4) is 18.6 Å². The number of thiocarbonyl (C=S) groups is 1. The minimum Gasteiger partial charge on any atom is -0.508 e. The molecule has 0 aromatic heterocycles. The molecule has 5 nitrogen and oxygen atoms in total. The van der Waals surface area contributed by atoms with E-state index in [9.17, 15) is 18.0 Å². The number of aliphatic imine (C=N–C) groups is 1. The number of phenolic OH excluding ortho intramolecular Hbond substituents is 1. The first-order chi connectivity index (χ1) is 12.7. The first-order valence-electron chi connectivity index (χ1n) is 7.12. The molecule has 0 saturated heterocycles. The van der Waals surface area contributed by atoms with Gasteiger partial charge in [-0.3, -0.25) is 10.2 Å². The van der Waals surface area contributed by atoms with Crippen molar-refractivity contribution in [2.75, 3.05) is 0 Å². The van der Waals surface area contributed by atoms with E-state index in [-0.39, 0.29) is 11.4 Å². The van der Waals surface area contributed by atoms with Crippen molar-refractivity contribution in [3.63, 3.8) is 0 Å². The number of isothiocyanates is 1. The number of halogens is 3. The largest absolute Gasteiger partial charge is 0.508 e. The standard InChI is InChI=1S/C8H4F3NS.C7H8N2O2.C2H2/c9-8(10,11)6-2-1-3-7(4-6)12-5-13;8-9-7(11)5-2-1-3-6(10)4-5;1-2/h1-4H;1-4,10H,8H2,(H,9,11);1-2H/i;;1D. The number of hydrazine groups is 1. The Kier molecular flexibility index (Phi) is 9.14. The van der Waals surface area contributed by atoms with Crippen LogP contribution >= 0.6 is 12.2 Å². The maximum atomic E-state index is 12.1. The second-order valence-electron chi connectivity index (χ2n) is 4.27. The molecule has 0 heterocycles. The fourth-order valence-corrected chi connectivity index (χ4v) is 1.64. The normalized spacial score (nSPS) is 9.58. The summed E-state index contributed by atoms with van der Waals surface area (Å²) in [5.41, 5.74) is 1.72. The number of nitrogens with one attached hydrogen (secondary N) is 1. The number of alkyl halides is 3. The molecule has 1 amide bonds. The van der Waals surface area contributed by atoms with Crippen LogP contribution in [-0.4, -0.2) is 16.2 Å². The number of nitrogens with zero attached hydrogens (tertiary/aromatic N) is 1. The Hall–Kier alpha value is -3.18. The fraction of sp³-hybridized carbons (Fsp3) is 0.0588. The molecular weight excluding hydrogens is 367 g/mol. The third-order valence-electron chi connectivity index (χ3n) is 2.59. The zero-order chi connectivity index (χ0) is 20.9. The van der Waals surface area contributed by atoms with Crippen LogP contribution in [0.25, 0.3) is 0 Å². The number of terminal acetylenes is 1. The highest BCUT2D eigenvalue weighted by atomic mass is 32.1. The van der Waals surface area contributed by atoms with E-state index in [0.29, 0.717) is 5.56 Å². The molecule has 9 heteroatoms. The molecule has 0 spiro atoms. The lowest BCUT2D eigenvalue weighted by atomic mass is 10.2. The van der Waals surface area contributed by atoms with E-state index in [1.165, 1.54) is 30.7 Å². The van der Waals surface area contributed by atoms with Gasteiger partial charge in [0.2, 0.25) is 0 Å². The van der Waals surface area contributed by atoms with Gasteiger partial charge in [-0.15, -0.1) is 12.8 Å². The van der Waals surface area contributed by atoms with Gasteiger partial charge in [0.05, 0.1) is 16.4 Å². The van der Waals surface area contributed by atoms with Crippen molar-refractivity contribution < 1.29 is 24.4 Å². The van der Waals surface area contributed by atoms with E-state index in [4.69, 9.17) is 12.3 Å². The first-order valence-corrected chi connectivity index (χ1v) is 7.02. The van der Waals surface area contributed by atoms with Gasteiger partial charge in [-0.05, 0) is 48.6 Å². The lowest BCUT2D eigenvalue weighted by Crippen LogP contribution is -2.29. The number of aromatic hydroxyl groups is 1. The lowest BCUT2D eigenvalue weighted by Gasteiger charge is -2.05. The minimum atomic E-state index is -4.34. The van der Waals surface area contributed by atoms with Crippen molar-refractivity contribution in [3.05, 3.63) is 59.7 Å². The first kappa shape index (κ1) is 20.9. The third kappa shape index (κ3) is 8.08. The number of carbonyl (C=O) groups is 1. The zero-order valence-corrected chi connectivity index (χ0v) is 13.9. The van der Waals surface area contributed by atoms with Crippen LogP contribution in [0.1, 0.15) is 17.3 Å². The van der Waals surface area contributed by atoms with Crippen LogP contribution in [0.5, 0.6) is 5.75 Å². The zero-order valence-electron chi connectivity index (χ0n) is 14.1. The van der Waals surface area contributed by atoms with Gasteiger partial charge in [-0.1, -0.05) is 12.1 Å². The van der Waals surface area contributed by atoms with Crippen LogP contribution in [0.15, 0.2) is 53.5 Å². The highest BCUT2D eigenvalue weighted by Gasteiger charge is 2.30. The number of amides is 1. The maximum absolute atomic E-state index is 12.1. The quantitative estimate of drug-likeness (QED) is 0.185. The van der Waals surface area contributed by atoms with Crippen LogP contribution in [0.3, 0.4) is 0 Å². The summed E-state index contributed by atoms with van der Waals surface area (Å²) in [4.78, 5) is 14.3. The summed E-state index contributed by atoms with van der Waals surface area (Å²) in [7, 11) is 0. The van der Waals surface area contributed by atoms with Gasteiger partial charge in [0.15, 0.2) is 0 Å². The van der Waals surface area contributed by atoms with Gasteiger partial charge < -0.3 is 5.11 Å². The van der Waals surface area contributed by atoms with Crippen LogP contribution in [-0.2, 0) is 6.18 Å².